The van der Waals surface area contributed by atoms with Crippen molar-refractivity contribution in [2.75, 3.05) is 0 Å². The Hall–Kier alpha value is 0.850. The van der Waals surface area contributed by atoms with E-state index in [1.54, 1.807) is 6.21 Å². The fourth-order valence-corrected chi connectivity index (χ4v) is 1.39. The monoisotopic (exact) mass is 277 g/mol. The highest BCUT2D eigenvalue weighted by atomic mass is 35.6. The molecule has 2 nitrogen and oxygen atoms in total. The molecule has 0 aliphatic rings. The molecule has 0 bridgehead atoms. The van der Waals surface area contributed by atoms with Crippen molar-refractivity contribution in [3.05, 3.63) is 0 Å². The van der Waals surface area contributed by atoms with Gasteiger partial charge in [0, 0.05) is 0 Å². The molecular weight excluding hydrogens is 265 g/mol. The second-order valence-corrected chi connectivity index (χ2v) is 8.25. The van der Waals surface area contributed by atoms with Gasteiger partial charge in [-0.15, -0.1) is 0 Å². The third-order valence-corrected chi connectivity index (χ3v) is 3.21. The zero-order valence-corrected chi connectivity index (χ0v) is 11.5. The Bertz CT molecular complexity index is 198. The van der Waals surface area contributed by atoms with Gasteiger partial charge in [0.15, 0.2) is 3.79 Å². The Morgan fingerprint density at radius 2 is 1.79 bits per heavy atom. The van der Waals surface area contributed by atoms with Gasteiger partial charge in [-0.1, -0.05) is 39.2 Å². The molecule has 0 aromatic rings. The van der Waals surface area contributed by atoms with Crippen molar-refractivity contribution in [2.24, 2.45) is 4.40 Å². The van der Waals surface area contributed by atoms with E-state index in [2.05, 4.69) is 4.40 Å². The summed E-state index contributed by atoms with van der Waals surface area (Å²) in [6.45, 7) is 5.57. The highest BCUT2D eigenvalue weighted by molar-refractivity contribution is 7.91. The number of hydrogen-bond acceptors (Lipinski definition) is 2. The summed E-state index contributed by atoms with van der Waals surface area (Å²) < 4.78 is 13.7. The molecule has 0 aromatic carbocycles. The van der Waals surface area contributed by atoms with Crippen LogP contribution in [-0.2, 0) is 11.4 Å². The van der Waals surface area contributed by atoms with Crippen molar-refractivity contribution in [1.29, 1.82) is 0 Å². The van der Waals surface area contributed by atoms with Crippen LogP contribution in [0.4, 0.5) is 0 Å². The molecule has 0 aromatic heterocycles. The lowest BCUT2D eigenvalue weighted by atomic mass is 10.3. The van der Waals surface area contributed by atoms with E-state index in [9.17, 15) is 4.55 Å². The molecule has 0 aliphatic heterocycles. The quantitative estimate of drug-likeness (QED) is 0.441. The number of hydrogen-bond donors (Lipinski definition) is 0. The fraction of sp³-hybridized carbons (Fsp3) is 0.875. The molecule has 0 radical (unpaired) electrons. The van der Waals surface area contributed by atoms with E-state index in [4.69, 9.17) is 34.8 Å². The minimum Gasteiger partial charge on any atom is -0.591 e. The van der Waals surface area contributed by atoms with E-state index >= 15 is 0 Å². The van der Waals surface area contributed by atoms with Gasteiger partial charge in [-0.2, -0.15) is 0 Å². The first kappa shape index (κ1) is 14.8. The van der Waals surface area contributed by atoms with Crippen molar-refractivity contribution < 1.29 is 4.55 Å². The number of nitrogens with zero attached hydrogens (tertiary/aromatic N) is 1. The molecule has 0 saturated carbocycles. The maximum absolute atomic E-state index is 11.4. The fourth-order valence-electron chi connectivity index (χ4n) is 0.507. The second kappa shape index (κ2) is 5.80. The van der Waals surface area contributed by atoms with Gasteiger partial charge in [0.2, 0.25) is 0 Å². The third-order valence-electron chi connectivity index (χ3n) is 1.25. The van der Waals surface area contributed by atoms with Crippen LogP contribution in [0.5, 0.6) is 0 Å². The molecule has 0 rings (SSSR count). The summed E-state index contributed by atoms with van der Waals surface area (Å²) in [5, 5.41) is 0. The third kappa shape index (κ3) is 8.18. The summed E-state index contributed by atoms with van der Waals surface area (Å²) in [6.07, 6.45) is 2.43. The van der Waals surface area contributed by atoms with Crippen molar-refractivity contribution in [3.63, 3.8) is 0 Å². The SMILES string of the molecule is CC(C)(C)[S@+]([O-])/N=C/CCC(Cl)(Cl)Cl. The van der Waals surface area contributed by atoms with Crippen molar-refractivity contribution in [2.45, 2.75) is 42.2 Å². The normalized spacial score (nSPS) is 16.2. The maximum atomic E-state index is 11.4. The Morgan fingerprint density at radius 3 is 2.14 bits per heavy atom. The largest absolute Gasteiger partial charge is 0.591 e. The van der Waals surface area contributed by atoms with Crippen LogP contribution in [0.2, 0.25) is 0 Å². The Balaban J connectivity index is 3.85. The molecule has 1 atom stereocenters. The highest BCUT2D eigenvalue weighted by Gasteiger charge is 2.26. The summed E-state index contributed by atoms with van der Waals surface area (Å²) in [7, 11) is 0. The molecule has 0 N–H and O–H groups in total. The summed E-state index contributed by atoms with van der Waals surface area (Å²) >= 11 is 15.4. The van der Waals surface area contributed by atoms with E-state index in [0.717, 1.165) is 0 Å². The van der Waals surface area contributed by atoms with E-state index in [1.807, 2.05) is 20.8 Å². The van der Waals surface area contributed by atoms with Gasteiger partial charge < -0.3 is 4.55 Å². The summed E-state index contributed by atoms with van der Waals surface area (Å²) in [5.74, 6) is 0. The van der Waals surface area contributed by atoms with E-state index in [-0.39, 0.29) is 4.75 Å². The number of halogens is 3. The summed E-state index contributed by atoms with van der Waals surface area (Å²) in [5.41, 5.74) is 0. The van der Waals surface area contributed by atoms with Gasteiger partial charge in [-0.05, 0) is 33.6 Å². The van der Waals surface area contributed by atoms with Gasteiger partial charge in [-0.25, -0.2) is 0 Å². The zero-order chi connectivity index (χ0) is 11.4. The topological polar surface area (TPSA) is 35.4 Å². The Morgan fingerprint density at radius 1 is 1.29 bits per heavy atom. The molecule has 0 aliphatic carbocycles. The molecule has 6 heteroatoms. The first-order valence-corrected chi connectivity index (χ1v) is 6.38. The first-order valence-electron chi connectivity index (χ1n) is 4.14. The average molecular weight is 279 g/mol. The van der Waals surface area contributed by atoms with Crippen LogP contribution in [0.1, 0.15) is 33.6 Å². The van der Waals surface area contributed by atoms with E-state index in [1.165, 1.54) is 0 Å². The van der Waals surface area contributed by atoms with Crippen LogP contribution < -0.4 is 0 Å². The molecule has 0 heterocycles. The van der Waals surface area contributed by atoms with Gasteiger partial charge in [0.1, 0.15) is 16.1 Å². The van der Waals surface area contributed by atoms with Gasteiger partial charge >= 0.3 is 0 Å². The number of alkyl halides is 3. The van der Waals surface area contributed by atoms with Crippen molar-refractivity contribution in [1.82, 2.24) is 0 Å². The Labute approximate surface area is 103 Å². The minimum atomic E-state index is -1.25. The van der Waals surface area contributed by atoms with Gasteiger partial charge in [-0.3, -0.25) is 0 Å². The van der Waals surface area contributed by atoms with Gasteiger partial charge in [0.05, 0.1) is 6.21 Å². The van der Waals surface area contributed by atoms with Crippen LogP contribution in [0, 0.1) is 0 Å². The predicted octanol–water partition coefficient (Wildman–Crippen LogP) is 3.67. The Kier molecular flexibility index (Phi) is 6.16. The second-order valence-electron chi connectivity index (χ2n) is 3.80. The van der Waals surface area contributed by atoms with Crippen LogP contribution in [-0.4, -0.2) is 19.3 Å². The molecule has 14 heavy (non-hydrogen) atoms. The molecule has 0 fully saturated rings. The maximum Gasteiger partial charge on any atom is 0.190 e. The van der Waals surface area contributed by atoms with Crippen molar-refractivity contribution in [3.8, 4) is 0 Å². The van der Waals surface area contributed by atoms with Crippen LogP contribution >= 0.6 is 34.8 Å². The van der Waals surface area contributed by atoms with Crippen LogP contribution in [0.3, 0.4) is 0 Å². The zero-order valence-electron chi connectivity index (χ0n) is 8.39. The molecular formula is C8H14Cl3NOS. The van der Waals surface area contributed by atoms with Crippen molar-refractivity contribution >= 4 is 52.4 Å². The molecule has 0 spiro atoms. The molecule has 0 unspecified atom stereocenters. The summed E-state index contributed by atoms with van der Waals surface area (Å²) in [4.78, 5) is 0. The molecule has 84 valence electrons. The lowest BCUT2D eigenvalue weighted by Crippen LogP contribution is -2.25. The molecule has 0 saturated heterocycles. The number of rotatable bonds is 3. The van der Waals surface area contributed by atoms with E-state index in [0.29, 0.717) is 12.8 Å². The lowest BCUT2D eigenvalue weighted by Gasteiger charge is -2.17. The van der Waals surface area contributed by atoms with Crippen LogP contribution in [0.25, 0.3) is 0 Å². The highest BCUT2D eigenvalue weighted by Crippen LogP contribution is 2.30. The lowest BCUT2D eigenvalue weighted by molar-refractivity contribution is 0.561. The van der Waals surface area contributed by atoms with Gasteiger partial charge in [0.25, 0.3) is 0 Å². The smallest absolute Gasteiger partial charge is 0.190 e. The average Bonchev–Trinajstić information content (AvgIpc) is 1.93. The predicted molar refractivity (Wildman–Crippen MR) is 65.9 cm³/mol. The summed E-state index contributed by atoms with van der Waals surface area (Å²) in [6, 6.07) is 0. The molecule has 0 amide bonds. The van der Waals surface area contributed by atoms with Crippen LogP contribution in [0.15, 0.2) is 4.40 Å². The standard InChI is InChI=1S/C8H14Cl3NOS/c1-7(2,3)14(13)12-6-4-5-8(9,10)11/h6H,4-5H2,1-3H3/b12-6+/t14-/m0/s1. The first-order chi connectivity index (χ1) is 6.13. The minimum absolute atomic E-state index is 0.337. The van der Waals surface area contributed by atoms with E-state index < -0.39 is 15.2 Å².